The van der Waals surface area contributed by atoms with Gasteiger partial charge in [0.25, 0.3) is 0 Å². The van der Waals surface area contributed by atoms with Crippen molar-refractivity contribution >= 4 is 5.91 Å². The van der Waals surface area contributed by atoms with Crippen LogP contribution in [0.4, 0.5) is 0 Å². The van der Waals surface area contributed by atoms with Crippen LogP contribution in [0, 0.1) is 0 Å². The molecule has 120 valence electrons. The van der Waals surface area contributed by atoms with Gasteiger partial charge in [0.15, 0.2) is 0 Å². The van der Waals surface area contributed by atoms with Crippen molar-refractivity contribution < 1.29 is 14.3 Å². The smallest absolute Gasteiger partial charge is 0.227 e. The molecule has 22 heavy (non-hydrogen) atoms. The van der Waals surface area contributed by atoms with E-state index in [1.54, 1.807) is 0 Å². The summed E-state index contributed by atoms with van der Waals surface area (Å²) < 4.78 is 11.3. The monoisotopic (exact) mass is 303 g/mol. The summed E-state index contributed by atoms with van der Waals surface area (Å²) in [5, 5.41) is 0. The van der Waals surface area contributed by atoms with Gasteiger partial charge in [0.05, 0.1) is 31.8 Å². The standard InChI is InChI=1S/C18H25NO3/c1-2-21-15-9-7-14(8-10-15)13-18(20)19-11-12-22-17-6-4-3-5-16(17)19/h7-10,16-17H,2-6,11-13H2,1H3. The molecule has 0 aromatic heterocycles. The number of carbonyl (C=O) groups is 1. The summed E-state index contributed by atoms with van der Waals surface area (Å²) in [6, 6.07) is 8.14. The minimum absolute atomic E-state index is 0.226. The van der Waals surface area contributed by atoms with Crippen LogP contribution in [0.15, 0.2) is 24.3 Å². The number of carbonyl (C=O) groups excluding carboxylic acids is 1. The quantitative estimate of drug-likeness (QED) is 0.858. The molecule has 1 saturated carbocycles. The summed E-state index contributed by atoms with van der Waals surface area (Å²) in [6.45, 7) is 4.04. The summed E-state index contributed by atoms with van der Waals surface area (Å²) in [4.78, 5) is 14.7. The third-order valence-corrected chi connectivity index (χ3v) is 4.64. The summed E-state index contributed by atoms with van der Waals surface area (Å²) in [6.07, 6.45) is 5.33. The van der Waals surface area contributed by atoms with Crippen LogP contribution < -0.4 is 4.74 Å². The lowest BCUT2D eigenvalue weighted by atomic mass is 9.90. The first-order chi connectivity index (χ1) is 10.8. The van der Waals surface area contributed by atoms with Crippen molar-refractivity contribution in [1.82, 2.24) is 4.90 Å². The van der Waals surface area contributed by atoms with E-state index in [0.717, 1.165) is 30.7 Å². The number of benzene rings is 1. The van der Waals surface area contributed by atoms with E-state index in [1.807, 2.05) is 31.2 Å². The van der Waals surface area contributed by atoms with Gasteiger partial charge in [-0.2, -0.15) is 0 Å². The maximum Gasteiger partial charge on any atom is 0.227 e. The number of amides is 1. The van der Waals surface area contributed by atoms with E-state index in [9.17, 15) is 4.79 Å². The molecule has 1 amide bonds. The number of rotatable bonds is 4. The number of hydrogen-bond donors (Lipinski definition) is 0. The van der Waals surface area contributed by atoms with Gasteiger partial charge in [-0.15, -0.1) is 0 Å². The molecule has 3 rings (SSSR count). The van der Waals surface area contributed by atoms with Crippen molar-refractivity contribution in [2.75, 3.05) is 19.8 Å². The molecule has 4 heteroatoms. The van der Waals surface area contributed by atoms with E-state index in [-0.39, 0.29) is 18.1 Å². The van der Waals surface area contributed by atoms with E-state index in [2.05, 4.69) is 4.90 Å². The Labute approximate surface area is 132 Å². The number of fused-ring (bicyclic) bond motifs is 1. The molecule has 1 aromatic carbocycles. The minimum Gasteiger partial charge on any atom is -0.494 e. The van der Waals surface area contributed by atoms with Crippen LogP contribution in [-0.2, 0) is 16.0 Å². The molecule has 2 aliphatic rings. The van der Waals surface area contributed by atoms with Crippen LogP contribution in [0.1, 0.15) is 38.2 Å². The molecule has 1 saturated heterocycles. The van der Waals surface area contributed by atoms with Gasteiger partial charge in [-0.3, -0.25) is 4.79 Å². The maximum absolute atomic E-state index is 12.7. The lowest BCUT2D eigenvalue weighted by Crippen LogP contribution is -2.55. The first-order valence-corrected chi connectivity index (χ1v) is 8.40. The Morgan fingerprint density at radius 1 is 1.27 bits per heavy atom. The molecule has 0 bridgehead atoms. The largest absolute Gasteiger partial charge is 0.494 e. The minimum atomic E-state index is 0.226. The highest BCUT2D eigenvalue weighted by Crippen LogP contribution is 2.29. The lowest BCUT2D eigenvalue weighted by Gasteiger charge is -2.43. The number of hydrogen-bond acceptors (Lipinski definition) is 3. The fourth-order valence-corrected chi connectivity index (χ4v) is 3.55. The van der Waals surface area contributed by atoms with Gasteiger partial charge >= 0.3 is 0 Å². The summed E-state index contributed by atoms with van der Waals surface area (Å²) >= 11 is 0. The molecule has 0 spiro atoms. The zero-order chi connectivity index (χ0) is 15.4. The van der Waals surface area contributed by atoms with Crippen LogP contribution in [0.25, 0.3) is 0 Å². The molecule has 4 nitrogen and oxygen atoms in total. The third kappa shape index (κ3) is 3.43. The van der Waals surface area contributed by atoms with Crippen LogP contribution in [-0.4, -0.2) is 42.7 Å². The average molecular weight is 303 g/mol. The van der Waals surface area contributed by atoms with Crippen molar-refractivity contribution in [2.24, 2.45) is 0 Å². The molecule has 1 aliphatic carbocycles. The molecule has 1 heterocycles. The van der Waals surface area contributed by atoms with E-state index in [1.165, 1.54) is 12.8 Å². The van der Waals surface area contributed by atoms with E-state index >= 15 is 0 Å². The first-order valence-electron chi connectivity index (χ1n) is 8.40. The number of nitrogens with zero attached hydrogens (tertiary/aromatic N) is 1. The Kier molecular flexibility index (Phi) is 4.98. The summed E-state index contributed by atoms with van der Waals surface area (Å²) in [5.74, 6) is 1.08. The van der Waals surface area contributed by atoms with Gasteiger partial charge in [0, 0.05) is 6.54 Å². The number of morpholine rings is 1. The van der Waals surface area contributed by atoms with E-state index in [4.69, 9.17) is 9.47 Å². The Hall–Kier alpha value is -1.55. The second-order valence-corrected chi connectivity index (χ2v) is 6.10. The van der Waals surface area contributed by atoms with Crippen molar-refractivity contribution in [1.29, 1.82) is 0 Å². The Balaban J connectivity index is 1.62. The molecule has 0 radical (unpaired) electrons. The number of ether oxygens (including phenoxy) is 2. The van der Waals surface area contributed by atoms with Crippen molar-refractivity contribution in [3.8, 4) is 5.75 Å². The van der Waals surface area contributed by atoms with Crippen molar-refractivity contribution in [3.05, 3.63) is 29.8 Å². The van der Waals surface area contributed by atoms with Gasteiger partial charge in [-0.1, -0.05) is 25.0 Å². The Morgan fingerprint density at radius 2 is 2.05 bits per heavy atom. The second-order valence-electron chi connectivity index (χ2n) is 6.10. The third-order valence-electron chi connectivity index (χ3n) is 4.64. The molecule has 2 fully saturated rings. The molecule has 2 unspecified atom stereocenters. The summed E-state index contributed by atoms with van der Waals surface area (Å²) in [5.41, 5.74) is 1.05. The first kappa shape index (κ1) is 15.3. The fourth-order valence-electron chi connectivity index (χ4n) is 3.55. The predicted octanol–water partition coefficient (Wildman–Crippen LogP) is 2.80. The zero-order valence-corrected chi connectivity index (χ0v) is 13.3. The lowest BCUT2D eigenvalue weighted by molar-refractivity contribution is -0.148. The van der Waals surface area contributed by atoms with Gasteiger partial charge < -0.3 is 14.4 Å². The highest BCUT2D eigenvalue weighted by molar-refractivity contribution is 5.79. The molecule has 0 N–H and O–H groups in total. The average Bonchev–Trinajstić information content (AvgIpc) is 2.56. The van der Waals surface area contributed by atoms with Crippen molar-refractivity contribution in [3.63, 3.8) is 0 Å². The van der Waals surface area contributed by atoms with Crippen LogP contribution in [0.2, 0.25) is 0 Å². The molecule has 2 atom stereocenters. The predicted molar refractivity (Wildman–Crippen MR) is 85.0 cm³/mol. The van der Waals surface area contributed by atoms with Crippen molar-refractivity contribution in [2.45, 2.75) is 51.2 Å². The van der Waals surface area contributed by atoms with Crippen LogP contribution in [0.5, 0.6) is 5.75 Å². The molecular weight excluding hydrogens is 278 g/mol. The maximum atomic E-state index is 12.7. The highest BCUT2D eigenvalue weighted by Gasteiger charge is 2.36. The van der Waals surface area contributed by atoms with E-state index in [0.29, 0.717) is 19.6 Å². The Bertz CT molecular complexity index is 498. The highest BCUT2D eigenvalue weighted by atomic mass is 16.5. The van der Waals surface area contributed by atoms with E-state index < -0.39 is 0 Å². The zero-order valence-electron chi connectivity index (χ0n) is 13.3. The topological polar surface area (TPSA) is 38.8 Å². The van der Waals surface area contributed by atoms with Gasteiger partial charge in [-0.05, 0) is 37.5 Å². The fraction of sp³-hybridized carbons (Fsp3) is 0.611. The van der Waals surface area contributed by atoms with Gasteiger partial charge in [-0.25, -0.2) is 0 Å². The van der Waals surface area contributed by atoms with Crippen LogP contribution in [0.3, 0.4) is 0 Å². The molecular formula is C18H25NO3. The SMILES string of the molecule is CCOc1ccc(CC(=O)N2CCOC3CCCCC32)cc1. The normalized spacial score (nSPS) is 24.7. The van der Waals surface area contributed by atoms with Crippen LogP contribution >= 0.6 is 0 Å². The van der Waals surface area contributed by atoms with Gasteiger partial charge in [0.1, 0.15) is 5.75 Å². The molecule has 1 aliphatic heterocycles. The second kappa shape index (κ2) is 7.14. The Morgan fingerprint density at radius 3 is 2.82 bits per heavy atom. The van der Waals surface area contributed by atoms with Gasteiger partial charge in [0.2, 0.25) is 5.91 Å². The molecule has 1 aromatic rings. The summed E-state index contributed by atoms with van der Waals surface area (Å²) in [7, 11) is 0.